The SMILES string of the molecule is O=CC(NSc1ccc2cc(OC3CCCC3)ccc2c1)C(F)(F)C1CC=C(Oc2ccccc2)C=C1O. The van der Waals surface area contributed by atoms with Crippen LogP contribution in [0.2, 0.25) is 0 Å². The van der Waals surface area contributed by atoms with Crippen molar-refractivity contribution in [2.45, 2.75) is 55.1 Å². The summed E-state index contributed by atoms with van der Waals surface area (Å²) in [6, 6.07) is 18.5. The third kappa shape index (κ3) is 6.03. The van der Waals surface area contributed by atoms with Crippen LogP contribution in [-0.2, 0) is 4.79 Å². The number of fused-ring (bicyclic) bond motifs is 1. The molecule has 1 fully saturated rings. The normalized spacial score (nSPS) is 19.1. The molecular formula is C30H29F2NO4S. The van der Waals surface area contributed by atoms with Gasteiger partial charge in [0.1, 0.15) is 35.3 Å². The number of allylic oxidation sites excluding steroid dienone is 3. The fourth-order valence-electron chi connectivity index (χ4n) is 4.79. The first-order chi connectivity index (χ1) is 18.4. The molecule has 2 atom stereocenters. The van der Waals surface area contributed by atoms with E-state index in [0.717, 1.165) is 41.3 Å². The number of aldehydes is 1. The van der Waals surface area contributed by atoms with Gasteiger partial charge in [0, 0.05) is 11.0 Å². The van der Waals surface area contributed by atoms with Crippen LogP contribution in [0.15, 0.2) is 95.3 Å². The molecule has 0 spiro atoms. The maximum atomic E-state index is 15.4. The number of rotatable bonds is 10. The molecule has 0 bridgehead atoms. The van der Waals surface area contributed by atoms with Gasteiger partial charge in [0.25, 0.3) is 5.92 Å². The van der Waals surface area contributed by atoms with Crippen molar-refractivity contribution in [3.63, 3.8) is 0 Å². The molecule has 3 aromatic carbocycles. The second kappa shape index (κ2) is 11.6. The molecule has 8 heteroatoms. The van der Waals surface area contributed by atoms with Crippen molar-refractivity contribution in [1.29, 1.82) is 0 Å². The van der Waals surface area contributed by atoms with E-state index < -0.39 is 23.6 Å². The highest BCUT2D eigenvalue weighted by molar-refractivity contribution is 7.97. The van der Waals surface area contributed by atoms with Gasteiger partial charge in [-0.2, -0.15) is 0 Å². The first kappa shape index (κ1) is 26.3. The summed E-state index contributed by atoms with van der Waals surface area (Å²) < 4.78 is 45.0. The number of aliphatic hydroxyl groups excluding tert-OH is 1. The van der Waals surface area contributed by atoms with Crippen LogP contribution >= 0.6 is 11.9 Å². The van der Waals surface area contributed by atoms with E-state index in [1.165, 1.54) is 25.0 Å². The Morgan fingerprint density at radius 2 is 1.74 bits per heavy atom. The van der Waals surface area contributed by atoms with E-state index in [2.05, 4.69) is 4.72 Å². The zero-order valence-corrected chi connectivity index (χ0v) is 21.5. The van der Waals surface area contributed by atoms with Crippen LogP contribution in [0.4, 0.5) is 8.78 Å². The molecule has 2 aliphatic carbocycles. The molecule has 0 aliphatic heterocycles. The van der Waals surface area contributed by atoms with E-state index in [-0.39, 0.29) is 24.6 Å². The summed E-state index contributed by atoms with van der Waals surface area (Å²) in [5, 5.41) is 12.3. The number of nitrogens with one attached hydrogen (secondary N) is 1. The number of carbonyl (C=O) groups excluding carboxylic acids is 1. The summed E-state index contributed by atoms with van der Waals surface area (Å²) in [6.45, 7) is 0. The van der Waals surface area contributed by atoms with Gasteiger partial charge in [0.2, 0.25) is 0 Å². The van der Waals surface area contributed by atoms with E-state index >= 15 is 8.78 Å². The second-order valence-corrected chi connectivity index (χ2v) is 10.5. The third-order valence-corrected chi connectivity index (χ3v) is 7.75. The van der Waals surface area contributed by atoms with E-state index in [0.29, 0.717) is 10.6 Å². The number of aliphatic hydroxyl groups is 1. The van der Waals surface area contributed by atoms with Crippen molar-refractivity contribution in [1.82, 2.24) is 4.72 Å². The minimum atomic E-state index is -3.53. The second-order valence-electron chi connectivity index (χ2n) is 9.58. The number of alkyl halides is 2. The Morgan fingerprint density at radius 1 is 1.00 bits per heavy atom. The molecular weight excluding hydrogens is 508 g/mol. The van der Waals surface area contributed by atoms with Crippen molar-refractivity contribution < 1.29 is 28.2 Å². The van der Waals surface area contributed by atoms with Crippen LogP contribution in [0, 0.1) is 5.92 Å². The Kier molecular flexibility index (Phi) is 8.00. The predicted molar refractivity (Wildman–Crippen MR) is 145 cm³/mol. The van der Waals surface area contributed by atoms with Crippen LogP contribution in [0.3, 0.4) is 0 Å². The molecule has 5 nitrogen and oxygen atoms in total. The highest BCUT2D eigenvalue weighted by atomic mass is 32.2. The maximum absolute atomic E-state index is 15.4. The zero-order valence-electron chi connectivity index (χ0n) is 20.7. The van der Waals surface area contributed by atoms with Crippen LogP contribution in [0.25, 0.3) is 10.8 Å². The molecule has 2 unspecified atom stereocenters. The van der Waals surface area contributed by atoms with Crippen LogP contribution < -0.4 is 14.2 Å². The Labute approximate surface area is 224 Å². The average molecular weight is 538 g/mol. The Morgan fingerprint density at radius 3 is 2.47 bits per heavy atom. The molecule has 0 radical (unpaired) electrons. The summed E-state index contributed by atoms with van der Waals surface area (Å²) in [5.74, 6) is -3.97. The molecule has 0 aromatic heterocycles. The topological polar surface area (TPSA) is 67.8 Å². The molecule has 1 saturated carbocycles. The van der Waals surface area contributed by atoms with Gasteiger partial charge < -0.3 is 19.4 Å². The fourth-order valence-corrected chi connectivity index (χ4v) is 5.59. The highest BCUT2D eigenvalue weighted by Gasteiger charge is 2.49. The average Bonchev–Trinajstić information content (AvgIpc) is 3.42. The summed E-state index contributed by atoms with van der Waals surface area (Å²) in [5.41, 5.74) is 0. The van der Waals surface area contributed by atoms with Gasteiger partial charge >= 0.3 is 0 Å². The predicted octanol–water partition coefficient (Wildman–Crippen LogP) is 7.39. The summed E-state index contributed by atoms with van der Waals surface area (Å²) in [6.07, 6.45) is 7.51. The molecule has 5 rings (SSSR count). The highest BCUT2D eigenvalue weighted by Crippen LogP contribution is 2.39. The van der Waals surface area contributed by atoms with Crippen LogP contribution in [0.1, 0.15) is 32.1 Å². The monoisotopic (exact) mass is 537 g/mol. The fraction of sp³-hybridized carbons (Fsp3) is 0.300. The minimum Gasteiger partial charge on any atom is -0.512 e. The van der Waals surface area contributed by atoms with E-state index in [9.17, 15) is 9.90 Å². The molecule has 38 heavy (non-hydrogen) atoms. The number of carbonyl (C=O) groups is 1. The van der Waals surface area contributed by atoms with E-state index in [1.54, 1.807) is 24.3 Å². The smallest absolute Gasteiger partial charge is 0.280 e. The molecule has 3 aromatic rings. The van der Waals surface area contributed by atoms with Gasteiger partial charge in [-0.25, -0.2) is 13.5 Å². The van der Waals surface area contributed by atoms with Crippen molar-refractivity contribution >= 4 is 29.0 Å². The number of benzene rings is 3. The quantitative estimate of drug-likeness (QED) is 0.208. The molecule has 2 N–H and O–H groups in total. The lowest BCUT2D eigenvalue weighted by atomic mass is 9.88. The van der Waals surface area contributed by atoms with Crippen molar-refractivity contribution in [3.05, 3.63) is 90.4 Å². The lowest BCUT2D eigenvalue weighted by molar-refractivity contribution is -0.125. The Hall–Kier alpha value is -3.36. The summed E-state index contributed by atoms with van der Waals surface area (Å²) >= 11 is 0.959. The molecule has 0 heterocycles. The van der Waals surface area contributed by atoms with Crippen molar-refractivity contribution in [2.75, 3.05) is 0 Å². The lowest BCUT2D eigenvalue weighted by Gasteiger charge is -2.31. The Bertz CT molecular complexity index is 1340. The molecule has 198 valence electrons. The zero-order chi connectivity index (χ0) is 26.5. The number of halogens is 2. The van der Waals surface area contributed by atoms with Crippen molar-refractivity contribution in [2.24, 2.45) is 5.92 Å². The minimum absolute atomic E-state index is 0.171. The summed E-state index contributed by atoms with van der Waals surface area (Å²) in [4.78, 5) is 12.4. The van der Waals surface area contributed by atoms with Gasteiger partial charge in [-0.15, -0.1) is 0 Å². The summed E-state index contributed by atoms with van der Waals surface area (Å²) in [7, 11) is 0. The largest absolute Gasteiger partial charge is 0.512 e. The van der Waals surface area contributed by atoms with Gasteiger partial charge in [0.05, 0.1) is 12.0 Å². The van der Waals surface area contributed by atoms with Crippen LogP contribution in [0.5, 0.6) is 11.5 Å². The number of hydrogen-bond donors (Lipinski definition) is 2. The third-order valence-electron chi connectivity index (χ3n) is 6.89. The standard InChI is InChI=1S/C30H29F2NO4S/c31-30(32,27-15-13-25(18-28(27)35)37-22-6-2-1-3-7-22)29(19-34)33-38-26-14-11-20-16-24(12-10-21(20)17-26)36-23-8-4-5-9-23/h1-3,6-7,10-14,16-19,23,27,29,33,35H,4-5,8-9,15H2. The molecule has 0 amide bonds. The number of hydrogen-bond acceptors (Lipinski definition) is 6. The van der Waals surface area contributed by atoms with Gasteiger partial charge in [-0.05, 0) is 97.3 Å². The molecule has 2 aliphatic rings. The van der Waals surface area contributed by atoms with Gasteiger partial charge in [0.15, 0.2) is 0 Å². The first-order valence-corrected chi connectivity index (χ1v) is 13.5. The maximum Gasteiger partial charge on any atom is 0.280 e. The van der Waals surface area contributed by atoms with E-state index in [1.807, 2.05) is 42.5 Å². The Balaban J connectivity index is 1.22. The number of para-hydroxylation sites is 1. The van der Waals surface area contributed by atoms with Gasteiger partial charge in [-0.3, -0.25) is 0 Å². The first-order valence-electron chi connectivity index (χ1n) is 12.7. The molecule has 0 saturated heterocycles. The van der Waals surface area contributed by atoms with E-state index in [4.69, 9.17) is 9.47 Å². The lowest BCUT2D eigenvalue weighted by Crippen LogP contribution is -2.49. The number of ether oxygens (including phenoxy) is 2. The van der Waals surface area contributed by atoms with Crippen LogP contribution in [-0.4, -0.2) is 29.5 Å². The van der Waals surface area contributed by atoms with Crippen molar-refractivity contribution in [3.8, 4) is 11.5 Å². The van der Waals surface area contributed by atoms with Gasteiger partial charge in [-0.1, -0.05) is 30.3 Å².